The van der Waals surface area contributed by atoms with Gasteiger partial charge in [-0.2, -0.15) is 0 Å². The summed E-state index contributed by atoms with van der Waals surface area (Å²) in [5.41, 5.74) is 1.41. The molecule has 2 amide bonds. The zero-order valence-electron chi connectivity index (χ0n) is 21.8. The molecule has 0 unspecified atom stereocenters. The van der Waals surface area contributed by atoms with E-state index in [1.54, 1.807) is 18.2 Å². The van der Waals surface area contributed by atoms with Gasteiger partial charge in [0.15, 0.2) is 23.1 Å². The summed E-state index contributed by atoms with van der Waals surface area (Å²) in [5, 5.41) is 5.62. The van der Waals surface area contributed by atoms with E-state index in [4.69, 9.17) is 23.7 Å². The molecule has 0 bridgehead atoms. The summed E-state index contributed by atoms with van der Waals surface area (Å²) in [5.74, 6) is 0.156. The molecule has 0 spiro atoms. The number of carbonyl (C=O) groups excluding carboxylic acids is 1. The molecule has 2 aliphatic rings. The monoisotopic (exact) mass is 564 g/mol. The Balaban J connectivity index is 1.20. The predicted octanol–water partition coefficient (Wildman–Crippen LogP) is 5.35. The molecule has 2 aliphatic heterocycles. The molecule has 10 nitrogen and oxygen atoms in total. The highest BCUT2D eigenvalue weighted by Crippen LogP contribution is 2.48. The molecule has 1 saturated heterocycles. The summed E-state index contributed by atoms with van der Waals surface area (Å²) in [6, 6.07) is 10.9. The molecule has 212 valence electrons. The van der Waals surface area contributed by atoms with Crippen LogP contribution in [0.2, 0.25) is 0 Å². The molecule has 0 atom stereocenters. The fraction of sp³-hybridized carbons (Fsp3) is 0.276. The predicted molar refractivity (Wildman–Crippen MR) is 144 cm³/mol. The van der Waals surface area contributed by atoms with Gasteiger partial charge in [0.05, 0.1) is 18.7 Å². The van der Waals surface area contributed by atoms with Crippen LogP contribution in [0, 0.1) is 11.6 Å². The first-order valence-corrected chi connectivity index (χ1v) is 13.1. The van der Waals surface area contributed by atoms with Crippen molar-refractivity contribution in [3.63, 3.8) is 0 Å². The molecule has 12 heteroatoms. The number of nitrogens with one attached hydrogen (secondary N) is 2. The molecule has 1 fully saturated rings. The fourth-order valence-electron chi connectivity index (χ4n) is 4.55. The highest BCUT2D eigenvalue weighted by molar-refractivity contribution is 5.94. The Hall–Kier alpha value is -4.71. The minimum Gasteiger partial charge on any atom is -0.486 e. The molecule has 0 radical (unpaired) electrons. The van der Waals surface area contributed by atoms with Gasteiger partial charge in [0.25, 0.3) is 0 Å². The van der Waals surface area contributed by atoms with Crippen LogP contribution in [0.5, 0.6) is 28.9 Å². The minimum atomic E-state index is -0.724. The second-order valence-electron chi connectivity index (χ2n) is 9.41. The number of anilines is 1. The van der Waals surface area contributed by atoms with E-state index in [9.17, 15) is 9.18 Å². The van der Waals surface area contributed by atoms with Gasteiger partial charge in [0.2, 0.25) is 11.6 Å². The van der Waals surface area contributed by atoms with Crippen molar-refractivity contribution >= 4 is 22.6 Å². The van der Waals surface area contributed by atoms with Gasteiger partial charge in [-0.1, -0.05) is 12.1 Å². The van der Waals surface area contributed by atoms with Crippen LogP contribution < -0.4 is 29.6 Å². The van der Waals surface area contributed by atoms with Gasteiger partial charge in [0.1, 0.15) is 36.8 Å². The Morgan fingerprint density at radius 1 is 0.927 bits per heavy atom. The second kappa shape index (κ2) is 11.8. The Morgan fingerprint density at radius 3 is 2.49 bits per heavy atom. The molecule has 3 aromatic carbocycles. The number of halogens is 2. The van der Waals surface area contributed by atoms with Crippen molar-refractivity contribution in [1.82, 2.24) is 15.3 Å². The maximum absolute atomic E-state index is 15.1. The van der Waals surface area contributed by atoms with Crippen LogP contribution in [0.1, 0.15) is 18.4 Å². The van der Waals surface area contributed by atoms with Crippen LogP contribution in [0.4, 0.5) is 19.3 Å². The average molecular weight is 565 g/mol. The quantitative estimate of drug-likeness (QED) is 0.309. The Morgan fingerprint density at radius 2 is 1.71 bits per heavy atom. The lowest BCUT2D eigenvalue weighted by atomic mass is 10.1. The molecule has 3 heterocycles. The normalized spacial score (nSPS) is 14.9. The van der Waals surface area contributed by atoms with Crippen molar-refractivity contribution in [1.29, 1.82) is 0 Å². The summed E-state index contributed by atoms with van der Waals surface area (Å²) in [6.45, 7) is 2.06. The van der Waals surface area contributed by atoms with E-state index >= 15 is 4.39 Å². The van der Waals surface area contributed by atoms with Crippen molar-refractivity contribution in [2.45, 2.75) is 25.5 Å². The number of amides is 2. The van der Waals surface area contributed by atoms with Crippen molar-refractivity contribution in [3.8, 4) is 28.9 Å². The standard InChI is InChI=1S/C29H26F2N4O6/c30-18-3-1-17(2-4-18)15-32-29(36)35-19-5-6-23(21(31)13-19)41-28-25-22(33-16-34-28)14-24(26-27(25)39-12-11-38-26)40-20-7-9-37-10-8-20/h1-6,13-14,16,20H,7-12,15H2,(H2,32,35,36). The molecule has 4 aromatic rings. The van der Waals surface area contributed by atoms with Crippen molar-refractivity contribution in [2.24, 2.45) is 0 Å². The number of rotatable bonds is 7. The van der Waals surface area contributed by atoms with Crippen LogP contribution >= 0.6 is 0 Å². The van der Waals surface area contributed by atoms with Gasteiger partial charge in [0, 0.05) is 37.2 Å². The first-order chi connectivity index (χ1) is 20.0. The molecular formula is C29H26F2N4O6. The summed E-state index contributed by atoms with van der Waals surface area (Å²) in [7, 11) is 0. The topological polar surface area (TPSA) is 113 Å². The SMILES string of the molecule is O=C(NCc1ccc(F)cc1)Nc1ccc(Oc2ncnc3cc(OC4CCOCC4)c4c(c23)OCCO4)c(F)c1. The highest BCUT2D eigenvalue weighted by Gasteiger charge is 2.27. The molecule has 0 saturated carbocycles. The van der Waals surface area contributed by atoms with E-state index in [0.717, 1.165) is 18.9 Å². The summed E-state index contributed by atoms with van der Waals surface area (Å²) >= 11 is 0. The van der Waals surface area contributed by atoms with Gasteiger partial charge in [-0.25, -0.2) is 23.5 Å². The van der Waals surface area contributed by atoms with Gasteiger partial charge >= 0.3 is 6.03 Å². The summed E-state index contributed by atoms with van der Waals surface area (Å²) < 4.78 is 57.5. The zero-order chi connectivity index (χ0) is 28.2. The summed E-state index contributed by atoms with van der Waals surface area (Å²) in [4.78, 5) is 20.9. The number of fused-ring (bicyclic) bond motifs is 3. The summed E-state index contributed by atoms with van der Waals surface area (Å²) in [6.07, 6.45) is 2.79. The fourth-order valence-corrected chi connectivity index (χ4v) is 4.55. The van der Waals surface area contributed by atoms with Crippen LogP contribution in [0.3, 0.4) is 0 Å². The van der Waals surface area contributed by atoms with Crippen LogP contribution in [0.15, 0.2) is 54.9 Å². The third-order valence-electron chi connectivity index (χ3n) is 6.57. The molecule has 41 heavy (non-hydrogen) atoms. The van der Waals surface area contributed by atoms with E-state index in [1.807, 2.05) is 0 Å². The third-order valence-corrected chi connectivity index (χ3v) is 6.57. The van der Waals surface area contributed by atoms with E-state index in [0.29, 0.717) is 60.1 Å². The van der Waals surface area contributed by atoms with Crippen LogP contribution in [0.25, 0.3) is 10.9 Å². The Bertz CT molecular complexity index is 1560. The number of benzene rings is 3. The molecular weight excluding hydrogens is 538 g/mol. The number of urea groups is 1. The van der Waals surface area contributed by atoms with Gasteiger partial charge < -0.3 is 34.3 Å². The van der Waals surface area contributed by atoms with Gasteiger partial charge in [-0.15, -0.1) is 0 Å². The number of ether oxygens (including phenoxy) is 5. The largest absolute Gasteiger partial charge is 0.486 e. The number of carbonyl (C=O) groups is 1. The zero-order valence-corrected chi connectivity index (χ0v) is 21.8. The lowest BCUT2D eigenvalue weighted by Gasteiger charge is -2.27. The number of hydrogen-bond donors (Lipinski definition) is 2. The minimum absolute atomic E-state index is 0.0282. The number of aromatic nitrogens is 2. The van der Waals surface area contributed by atoms with E-state index in [2.05, 4.69) is 20.6 Å². The maximum atomic E-state index is 15.1. The Labute approximate surface area is 233 Å². The molecule has 1 aromatic heterocycles. The van der Waals surface area contributed by atoms with Gasteiger partial charge in [-0.05, 0) is 29.8 Å². The molecule has 6 rings (SSSR count). The lowest BCUT2D eigenvalue weighted by Crippen LogP contribution is -2.28. The average Bonchev–Trinajstić information content (AvgIpc) is 2.99. The molecule has 2 N–H and O–H groups in total. The van der Waals surface area contributed by atoms with Gasteiger partial charge in [-0.3, -0.25) is 0 Å². The van der Waals surface area contributed by atoms with Crippen LogP contribution in [-0.2, 0) is 11.3 Å². The van der Waals surface area contributed by atoms with Crippen molar-refractivity contribution in [2.75, 3.05) is 31.7 Å². The Kier molecular flexibility index (Phi) is 7.63. The maximum Gasteiger partial charge on any atom is 0.319 e. The second-order valence-corrected chi connectivity index (χ2v) is 9.41. The third kappa shape index (κ3) is 6.07. The number of hydrogen-bond acceptors (Lipinski definition) is 8. The first-order valence-electron chi connectivity index (χ1n) is 13.1. The smallest absolute Gasteiger partial charge is 0.319 e. The highest BCUT2D eigenvalue weighted by atomic mass is 19.1. The molecule has 0 aliphatic carbocycles. The van der Waals surface area contributed by atoms with E-state index in [-0.39, 0.29) is 35.8 Å². The lowest BCUT2D eigenvalue weighted by molar-refractivity contribution is 0.0234. The first kappa shape index (κ1) is 26.5. The van der Waals surface area contributed by atoms with E-state index < -0.39 is 11.8 Å². The van der Waals surface area contributed by atoms with E-state index in [1.165, 1.54) is 30.6 Å². The van der Waals surface area contributed by atoms with Crippen molar-refractivity contribution in [3.05, 3.63) is 72.1 Å². The van der Waals surface area contributed by atoms with Crippen LogP contribution in [-0.4, -0.2) is 48.5 Å². The van der Waals surface area contributed by atoms with Crippen molar-refractivity contribution < 1.29 is 37.3 Å². The number of nitrogens with zero attached hydrogens (tertiary/aromatic N) is 2.